The van der Waals surface area contributed by atoms with Gasteiger partial charge in [-0.25, -0.2) is 4.98 Å². The number of likely N-dealkylation sites (tertiary alicyclic amines) is 1. The summed E-state index contributed by atoms with van der Waals surface area (Å²) in [4.78, 5) is 91.8. The van der Waals surface area contributed by atoms with Crippen molar-refractivity contribution >= 4 is 75.6 Å². The van der Waals surface area contributed by atoms with E-state index < -0.39 is 113 Å². The Morgan fingerprint density at radius 2 is 1.46 bits per heavy atom. The minimum Gasteiger partial charge on any atom is -0.493 e. The molecule has 0 aliphatic carbocycles. The van der Waals surface area contributed by atoms with Crippen LogP contribution in [0.5, 0.6) is 5.75 Å². The average Bonchev–Trinajstić information content (AvgIpc) is 1.60. The number of carbonyl (C=O) groups is 6. The van der Waals surface area contributed by atoms with Crippen LogP contribution in [0.3, 0.4) is 0 Å². The third-order valence-electron chi connectivity index (χ3n) is 15.7. The van der Waals surface area contributed by atoms with Crippen molar-refractivity contribution in [1.82, 2.24) is 20.5 Å². The van der Waals surface area contributed by atoms with Crippen molar-refractivity contribution in [3.63, 3.8) is 0 Å². The fourth-order valence-electron chi connectivity index (χ4n) is 10.5. The van der Waals surface area contributed by atoms with E-state index in [2.05, 4.69) is 15.6 Å². The number of hydrogen-bond donors (Lipinski definition) is 6. The first-order valence-electron chi connectivity index (χ1n) is 30.5. The molecule has 91 heavy (non-hydrogen) atoms. The van der Waals surface area contributed by atoms with Crippen molar-refractivity contribution in [3.8, 4) is 22.3 Å². The Balaban J connectivity index is 1.00. The van der Waals surface area contributed by atoms with Crippen LogP contribution in [-0.2, 0) is 53.9 Å². The minimum absolute atomic E-state index is 0.00380. The summed E-state index contributed by atoms with van der Waals surface area (Å²) < 4.78 is 71.0. The van der Waals surface area contributed by atoms with Crippen LogP contribution < -0.4 is 48.1 Å². The van der Waals surface area contributed by atoms with E-state index in [0.29, 0.717) is 69.5 Å². The van der Waals surface area contributed by atoms with Crippen LogP contribution in [0.15, 0.2) is 72.2 Å². The molecule has 2 saturated heterocycles. The number of thiazole rings is 1. The Bertz CT molecular complexity index is 3180. The molecule has 4 aromatic rings. The summed E-state index contributed by atoms with van der Waals surface area (Å²) in [7, 11) is 0. The van der Waals surface area contributed by atoms with Gasteiger partial charge in [0, 0.05) is 38.2 Å². The first kappa shape index (κ1) is 72.9. The van der Waals surface area contributed by atoms with E-state index in [4.69, 9.17) is 58.8 Å². The van der Waals surface area contributed by atoms with Gasteiger partial charge in [0.15, 0.2) is 5.11 Å². The van der Waals surface area contributed by atoms with Gasteiger partial charge in [0.05, 0.1) is 64.8 Å². The molecule has 3 heterocycles. The van der Waals surface area contributed by atoms with E-state index in [-0.39, 0.29) is 63.0 Å². The number of hydrogen-bond acceptors (Lipinski definition) is 19. The molecule has 1 aromatic heterocycles. The highest BCUT2D eigenvalue weighted by molar-refractivity contribution is 7.81. The molecule has 496 valence electrons. The highest BCUT2D eigenvalue weighted by Crippen LogP contribution is 2.40. The highest BCUT2D eigenvalue weighted by Gasteiger charge is 2.51. The molecule has 3 aromatic carbocycles. The average molecular weight is 1310 g/mol. The Kier molecular flexibility index (Phi) is 26.8. The summed E-state index contributed by atoms with van der Waals surface area (Å²) >= 11 is 7.21. The van der Waals surface area contributed by atoms with E-state index >= 15 is 0 Å². The molecule has 22 nitrogen and oxygen atoms in total. The first-order valence-corrected chi connectivity index (χ1v) is 31.8. The van der Waals surface area contributed by atoms with Crippen molar-refractivity contribution in [2.45, 2.75) is 167 Å². The summed E-state index contributed by atoms with van der Waals surface area (Å²) in [6.45, 7) is 13.3. The van der Waals surface area contributed by atoms with Gasteiger partial charge in [-0.2, -0.15) is 18.4 Å². The lowest BCUT2D eigenvalue weighted by Gasteiger charge is -2.35. The smallest absolute Gasteiger partial charge is 0.417 e. The largest absolute Gasteiger partial charge is 0.493 e. The van der Waals surface area contributed by atoms with Gasteiger partial charge in [-0.05, 0) is 144 Å². The Labute approximate surface area is 539 Å². The summed E-state index contributed by atoms with van der Waals surface area (Å²) in [5, 5.41) is 15.1. The number of unbranched alkanes of at least 4 members (excludes halogenated alkanes) is 2. The number of rotatable bonds is 33. The molecule has 7 atom stereocenters. The Morgan fingerprint density at radius 3 is 2.07 bits per heavy atom. The standard InChI is InChI=1S/C64H86F3N11O11S2/c1-39(41-15-17-42(18-16-41)54-40(2)73-38-91-54)74-56(80)52-34-48(89-59(83)51(72)14-9-11-28-69)36-76(52)57(81)55(62(3,4)5)75-53(79)37-86-30-12-29-85-31-25-47(88-58(82)50(71)13-8-10-27-68)26-32-87-46-23-21-44(22-24-46)78-61(90)77(60(84)63(78,6)7)45-20-19-43(35-70)49(33-45)64(65,66)67/h15-24,33,38-39,47-48,50-52,55H,8-14,25-32,34,36-37,68-69,71-72H2,1-7H3,(H,74,80)(H,75,79)/t39-,47?,48+,50-,51-,52-,55+/m0/s1. The van der Waals surface area contributed by atoms with Crippen LogP contribution >= 0.6 is 23.6 Å². The zero-order valence-electron chi connectivity index (χ0n) is 52.7. The van der Waals surface area contributed by atoms with Crippen LogP contribution in [0.1, 0.15) is 134 Å². The monoisotopic (exact) mass is 1310 g/mol. The Hall–Kier alpha value is -7.16. The van der Waals surface area contributed by atoms with Gasteiger partial charge < -0.3 is 67.1 Å². The summed E-state index contributed by atoms with van der Waals surface area (Å²) in [5.74, 6) is -2.98. The van der Waals surface area contributed by atoms with Gasteiger partial charge in [0.2, 0.25) is 17.7 Å². The lowest BCUT2D eigenvalue weighted by atomic mass is 9.85. The van der Waals surface area contributed by atoms with Crippen LogP contribution in [0.2, 0.25) is 0 Å². The molecule has 27 heteroatoms. The number of benzene rings is 3. The number of ether oxygens (including phenoxy) is 5. The normalized spacial score (nSPS) is 17.4. The van der Waals surface area contributed by atoms with Gasteiger partial charge in [0.1, 0.15) is 54.3 Å². The molecule has 4 amide bonds. The maximum atomic E-state index is 14.7. The second-order valence-corrected chi connectivity index (χ2v) is 25.4. The van der Waals surface area contributed by atoms with E-state index in [1.807, 2.05) is 38.1 Å². The van der Waals surface area contributed by atoms with Crippen molar-refractivity contribution in [2.24, 2.45) is 28.3 Å². The number of nitrogens with two attached hydrogens (primary N) is 4. The van der Waals surface area contributed by atoms with Crippen molar-refractivity contribution in [3.05, 3.63) is 94.6 Å². The second kappa shape index (κ2) is 33.4. The number of halogens is 3. The molecule has 6 rings (SSSR count). The maximum absolute atomic E-state index is 14.7. The van der Waals surface area contributed by atoms with Crippen molar-refractivity contribution in [1.29, 1.82) is 5.26 Å². The fourth-order valence-corrected chi connectivity index (χ4v) is 11.8. The van der Waals surface area contributed by atoms with Crippen molar-refractivity contribution < 1.29 is 65.6 Å². The molecule has 0 saturated carbocycles. The summed E-state index contributed by atoms with van der Waals surface area (Å²) in [5.41, 5.74) is 24.5. The number of carbonyl (C=O) groups excluding carboxylic acids is 6. The third-order valence-corrected chi connectivity index (χ3v) is 17.0. The van der Waals surface area contributed by atoms with Gasteiger partial charge in [-0.3, -0.25) is 33.7 Å². The zero-order chi connectivity index (χ0) is 66.8. The van der Waals surface area contributed by atoms with Crippen LogP contribution in [-0.4, -0.2) is 145 Å². The molecule has 1 unspecified atom stereocenters. The predicted molar refractivity (Wildman–Crippen MR) is 342 cm³/mol. The van der Waals surface area contributed by atoms with Gasteiger partial charge in [0.25, 0.3) is 5.91 Å². The van der Waals surface area contributed by atoms with Gasteiger partial charge in [-0.15, -0.1) is 11.3 Å². The molecule has 2 aliphatic rings. The predicted octanol–water partition coefficient (Wildman–Crippen LogP) is 7.25. The third kappa shape index (κ3) is 19.9. The number of anilines is 2. The van der Waals surface area contributed by atoms with Crippen LogP contribution in [0.25, 0.3) is 10.4 Å². The molecule has 2 aliphatic heterocycles. The molecular formula is C64H86F3N11O11S2. The molecule has 10 N–H and O–H groups in total. The number of aromatic nitrogens is 1. The molecule has 0 spiro atoms. The molecule has 0 radical (unpaired) electrons. The highest BCUT2D eigenvalue weighted by atomic mass is 32.1. The molecule has 0 bridgehead atoms. The van der Waals surface area contributed by atoms with Crippen molar-refractivity contribution in [2.75, 3.05) is 62.5 Å². The number of esters is 2. The number of nitrogens with zero attached hydrogens (tertiary/aromatic N) is 5. The SMILES string of the molecule is Cc1ncsc1-c1ccc([C@H](C)NC(=O)[C@@H]2C[C@@H](OC(=O)[C@@H](N)CCCCN)CN2C(=O)[C@@H](NC(=O)COCCCOCCC(CCOc2ccc(N3C(=S)N(c4ccc(C#N)c(C(F)(F)F)c4)C(=O)C3(C)C)cc2)OC(=O)[C@@H](N)CCCCN)C(C)(C)C)cc1. The van der Waals surface area contributed by atoms with E-state index in [1.54, 1.807) is 70.5 Å². The minimum atomic E-state index is -4.85. The quantitative estimate of drug-likeness (QED) is 0.0155. The van der Waals surface area contributed by atoms with Gasteiger partial charge >= 0.3 is 18.1 Å². The topological polar surface area (TPSA) is 323 Å². The fraction of sp³-hybridized carbons (Fsp3) is 0.547. The van der Waals surface area contributed by atoms with Crippen LogP contribution in [0.4, 0.5) is 24.5 Å². The van der Waals surface area contributed by atoms with E-state index in [0.717, 1.165) is 38.7 Å². The number of thiocarbonyl (C=S) groups is 1. The lowest BCUT2D eigenvalue weighted by molar-refractivity contribution is -0.152. The first-order chi connectivity index (χ1) is 43.1. The lowest BCUT2D eigenvalue weighted by Crippen LogP contribution is -2.58. The molecular weight excluding hydrogens is 1220 g/mol. The number of nitriles is 1. The van der Waals surface area contributed by atoms with Crippen LogP contribution in [0, 0.1) is 23.7 Å². The summed E-state index contributed by atoms with van der Waals surface area (Å²) in [6, 6.07) is 14.4. The number of alkyl halides is 3. The summed E-state index contributed by atoms with van der Waals surface area (Å²) in [6.07, 6.45) is -2.11. The van der Waals surface area contributed by atoms with E-state index in [9.17, 15) is 47.2 Å². The number of nitrogens with one attached hydrogen (secondary N) is 2. The molecule has 2 fully saturated rings. The van der Waals surface area contributed by atoms with E-state index in [1.165, 1.54) is 27.2 Å². The number of aryl methyl sites for hydroxylation is 1. The van der Waals surface area contributed by atoms with Gasteiger partial charge in [-0.1, -0.05) is 57.9 Å². The number of amides is 4. The zero-order valence-corrected chi connectivity index (χ0v) is 54.3. The second-order valence-electron chi connectivity index (χ2n) is 24.2. The Morgan fingerprint density at radius 1 is 0.835 bits per heavy atom. The maximum Gasteiger partial charge on any atom is 0.417 e.